The minimum Gasteiger partial charge on any atom is -0.370 e. The van der Waals surface area contributed by atoms with Crippen molar-refractivity contribution in [1.82, 2.24) is 10.2 Å². The van der Waals surface area contributed by atoms with E-state index in [2.05, 4.69) is 15.6 Å². The number of ketones is 1. The topological polar surface area (TPSA) is 58.6 Å². The number of hydrogen-bond donors (Lipinski definition) is 1. The number of nitrogens with zero attached hydrogens (tertiary/aromatic N) is 1. The van der Waals surface area contributed by atoms with Crippen LogP contribution in [0.2, 0.25) is 0 Å². The number of amides is 1. The minimum atomic E-state index is -0.356. The van der Waals surface area contributed by atoms with Crippen molar-refractivity contribution in [1.29, 1.82) is 0 Å². The van der Waals surface area contributed by atoms with Gasteiger partial charge in [0.1, 0.15) is 0 Å². The molecule has 1 aromatic heterocycles. The number of carbonyl (C=O) groups is 2. The summed E-state index contributed by atoms with van der Waals surface area (Å²) < 4.78 is 6.48. The fourth-order valence-corrected chi connectivity index (χ4v) is 5.86. The van der Waals surface area contributed by atoms with Crippen molar-refractivity contribution in [3.8, 4) is 0 Å². The molecule has 5 nitrogen and oxygen atoms in total. The van der Waals surface area contributed by atoms with Crippen molar-refractivity contribution < 1.29 is 14.3 Å². The molecule has 3 saturated heterocycles. The molecule has 0 unspecified atom stereocenters. The number of ether oxygens (including phenoxy) is 1. The highest BCUT2D eigenvalue weighted by Gasteiger charge is 2.62. The molecule has 1 aromatic rings. The molecule has 4 heterocycles. The highest BCUT2D eigenvalue weighted by molar-refractivity contribution is 7.12. The largest absolute Gasteiger partial charge is 0.370 e. The van der Waals surface area contributed by atoms with Crippen LogP contribution in [0.15, 0.2) is 11.4 Å². The number of Topliss-reactive ketones (excluding diaryl/α,β-unsaturated/α-hetero) is 1. The van der Waals surface area contributed by atoms with Crippen molar-refractivity contribution in [2.75, 3.05) is 19.6 Å². The number of nitrogens with one attached hydrogen (secondary N) is 1. The van der Waals surface area contributed by atoms with E-state index in [1.807, 2.05) is 26.8 Å². The lowest BCUT2D eigenvalue weighted by Gasteiger charge is -2.30. The molecule has 4 atom stereocenters. The first-order valence-corrected chi connectivity index (χ1v) is 10.8. The molecule has 27 heavy (non-hydrogen) atoms. The number of rotatable bonds is 5. The molecule has 148 valence electrons. The van der Waals surface area contributed by atoms with Gasteiger partial charge in [-0.15, -0.1) is 11.3 Å². The van der Waals surface area contributed by atoms with Crippen LogP contribution in [0.25, 0.3) is 0 Å². The molecule has 4 rings (SSSR count). The van der Waals surface area contributed by atoms with Crippen molar-refractivity contribution in [3.05, 3.63) is 21.9 Å². The molecule has 1 amide bonds. The summed E-state index contributed by atoms with van der Waals surface area (Å²) in [6.45, 7) is 11.0. The third-order valence-electron chi connectivity index (χ3n) is 6.44. The van der Waals surface area contributed by atoms with Crippen LogP contribution in [0.1, 0.15) is 55.8 Å². The summed E-state index contributed by atoms with van der Waals surface area (Å²) in [4.78, 5) is 27.1. The van der Waals surface area contributed by atoms with Gasteiger partial charge in [0.2, 0.25) is 5.91 Å². The average Bonchev–Trinajstić information content (AvgIpc) is 3.31. The molecule has 3 aliphatic rings. The number of fused-ring (bicyclic) bond motifs is 1. The van der Waals surface area contributed by atoms with Crippen LogP contribution in [-0.4, -0.2) is 47.9 Å². The molecule has 1 N–H and O–H groups in total. The average molecular weight is 391 g/mol. The second-order valence-electron chi connectivity index (χ2n) is 9.54. The van der Waals surface area contributed by atoms with Gasteiger partial charge >= 0.3 is 0 Å². The van der Waals surface area contributed by atoms with E-state index in [1.165, 1.54) is 16.9 Å². The molecule has 0 aliphatic carbocycles. The Hall–Kier alpha value is -1.24. The standard InChI is InChI=1S/C21H30N2O3S/c1-13(24)18-7-14(11-27-18)9-23-10-16-15(8-22-19(25)20(2,3)4)17-5-6-21(16,12-23)26-17/h7,11,15-17H,5-6,8-10,12H2,1-4H3,(H,22,25)/t15-,16+,17+,21+/m0/s1. The van der Waals surface area contributed by atoms with E-state index in [-0.39, 0.29) is 22.7 Å². The lowest BCUT2D eigenvalue weighted by Crippen LogP contribution is -2.44. The summed E-state index contributed by atoms with van der Waals surface area (Å²) in [6.07, 6.45) is 2.53. The van der Waals surface area contributed by atoms with Gasteiger partial charge in [0.25, 0.3) is 0 Å². The maximum Gasteiger partial charge on any atom is 0.225 e. The monoisotopic (exact) mass is 390 g/mol. The molecule has 0 radical (unpaired) electrons. The maximum absolute atomic E-state index is 12.3. The lowest BCUT2D eigenvalue weighted by atomic mass is 9.73. The Balaban J connectivity index is 1.41. The third-order valence-corrected chi connectivity index (χ3v) is 7.52. The highest BCUT2D eigenvalue weighted by Crippen LogP contribution is 2.54. The quantitative estimate of drug-likeness (QED) is 0.785. The second-order valence-corrected chi connectivity index (χ2v) is 10.4. The van der Waals surface area contributed by atoms with Gasteiger partial charge in [0.15, 0.2) is 5.78 Å². The van der Waals surface area contributed by atoms with Gasteiger partial charge in [0.05, 0.1) is 16.6 Å². The second kappa shape index (κ2) is 6.68. The Labute approximate surface area is 165 Å². The number of hydrogen-bond acceptors (Lipinski definition) is 5. The Morgan fingerprint density at radius 2 is 2.19 bits per heavy atom. The molecular formula is C21H30N2O3S. The Kier molecular flexibility index (Phi) is 4.72. The zero-order valence-corrected chi connectivity index (χ0v) is 17.5. The maximum atomic E-state index is 12.3. The van der Waals surface area contributed by atoms with Gasteiger partial charge in [-0.05, 0) is 36.8 Å². The Bertz CT molecular complexity index is 753. The zero-order valence-electron chi connectivity index (χ0n) is 16.7. The third kappa shape index (κ3) is 3.47. The zero-order chi connectivity index (χ0) is 19.4. The Morgan fingerprint density at radius 3 is 2.85 bits per heavy atom. The summed E-state index contributed by atoms with van der Waals surface area (Å²) in [5, 5.41) is 5.26. The smallest absolute Gasteiger partial charge is 0.225 e. The number of carbonyl (C=O) groups excluding carboxylic acids is 2. The molecule has 6 heteroatoms. The first-order chi connectivity index (χ1) is 12.7. The molecular weight excluding hydrogens is 360 g/mol. The Morgan fingerprint density at radius 1 is 1.41 bits per heavy atom. The molecule has 2 bridgehead atoms. The number of thiophene rings is 1. The van der Waals surface area contributed by atoms with E-state index in [4.69, 9.17) is 4.74 Å². The minimum absolute atomic E-state index is 0.0266. The van der Waals surface area contributed by atoms with Crippen LogP contribution in [-0.2, 0) is 16.1 Å². The van der Waals surface area contributed by atoms with Crippen molar-refractivity contribution >= 4 is 23.0 Å². The predicted octanol–water partition coefficient (Wildman–Crippen LogP) is 3.09. The molecule has 3 fully saturated rings. The summed E-state index contributed by atoms with van der Waals surface area (Å²) in [5.41, 5.74) is 0.834. The van der Waals surface area contributed by atoms with Gasteiger partial charge in [-0.1, -0.05) is 20.8 Å². The summed E-state index contributed by atoms with van der Waals surface area (Å²) >= 11 is 1.53. The van der Waals surface area contributed by atoms with E-state index < -0.39 is 0 Å². The van der Waals surface area contributed by atoms with E-state index >= 15 is 0 Å². The van der Waals surface area contributed by atoms with Crippen LogP contribution < -0.4 is 5.32 Å². The fourth-order valence-electron chi connectivity index (χ4n) is 5.06. The summed E-state index contributed by atoms with van der Waals surface area (Å²) in [7, 11) is 0. The van der Waals surface area contributed by atoms with E-state index in [0.717, 1.165) is 37.4 Å². The molecule has 0 aromatic carbocycles. The van der Waals surface area contributed by atoms with Crippen molar-refractivity contribution in [2.24, 2.45) is 17.3 Å². The number of likely N-dealkylation sites (tertiary alicyclic amines) is 1. The van der Waals surface area contributed by atoms with E-state index in [9.17, 15) is 9.59 Å². The highest BCUT2D eigenvalue weighted by atomic mass is 32.1. The van der Waals surface area contributed by atoms with Crippen molar-refractivity contribution in [3.63, 3.8) is 0 Å². The van der Waals surface area contributed by atoms with E-state index in [1.54, 1.807) is 6.92 Å². The van der Waals surface area contributed by atoms with Crippen LogP contribution in [0, 0.1) is 17.3 Å². The normalized spacial score (nSPS) is 32.7. The van der Waals surface area contributed by atoms with Crippen LogP contribution in [0.3, 0.4) is 0 Å². The first-order valence-electron chi connectivity index (χ1n) is 9.95. The van der Waals surface area contributed by atoms with Gasteiger partial charge in [-0.3, -0.25) is 14.5 Å². The van der Waals surface area contributed by atoms with Gasteiger partial charge in [-0.2, -0.15) is 0 Å². The van der Waals surface area contributed by atoms with Crippen LogP contribution in [0.5, 0.6) is 0 Å². The van der Waals surface area contributed by atoms with Crippen molar-refractivity contribution in [2.45, 2.75) is 58.8 Å². The van der Waals surface area contributed by atoms with E-state index in [0.29, 0.717) is 24.5 Å². The molecule has 0 saturated carbocycles. The first kappa shape index (κ1) is 19.1. The summed E-state index contributed by atoms with van der Waals surface area (Å²) in [5.74, 6) is 1.15. The van der Waals surface area contributed by atoms with Gasteiger partial charge in [-0.25, -0.2) is 0 Å². The summed E-state index contributed by atoms with van der Waals surface area (Å²) in [6, 6.07) is 2.03. The molecule has 3 aliphatic heterocycles. The van der Waals surface area contributed by atoms with Gasteiger partial charge < -0.3 is 10.1 Å². The predicted molar refractivity (Wildman–Crippen MR) is 106 cm³/mol. The SMILES string of the molecule is CC(=O)c1cc(CN2C[C@@H]3[C@H](CNC(=O)C(C)(C)C)[C@H]4CC[C@]3(C2)O4)cs1. The lowest BCUT2D eigenvalue weighted by molar-refractivity contribution is -0.128. The van der Waals surface area contributed by atoms with Gasteiger partial charge in [0, 0.05) is 43.4 Å². The molecule has 1 spiro atoms. The fraction of sp³-hybridized carbons (Fsp3) is 0.714. The van der Waals surface area contributed by atoms with Crippen LogP contribution >= 0.6 is 11.3 Å². The van der Waals surface area contributed by atoms with Crippen LogP contribution in [0.4, 0.5) is 0 Å².